The van der Waals surface area contributed by atoms with Crippen LogP contribution in [0.5, 0.6) is 0 Å². The number of likely N-dealkylation sites (N-methyl/N-ethyl adjacent to an activating group) is 1. The summed E-state index contributed by atoms with van der Waals surface area (Å²) in [5, 5.41) is 17.1. The standard InChI is InChI=1S/C47H52ClN9O4S2/c1-53-22-24-54(25-23-53)21-7-9-38(33-62-40-10-3-2-4-11-40)51-44-20-18-41(31-46(44)57(58)59)63(60,61)52-47-43-19-17-39(30-45(43)49-34-50-47)56-28-26-55(27-29-56)32-36-8-5-6-12-42(36)35-13-15-37(48)16-14-35/h2-6,8,10-20,30-31,34,38,51H,7,9,21-29,32-33H2,1H3,(H,49,50,52). The van der Waals surface area contributed by atoms with Gasteiger partial charge >= 0.3 is 0 Å². The second-order valence-corrected chi connectivity index (χ2v) is 19.4. The lowest BCUT2D eigenvalue weighted by molar-refractivity contribution is -0.384. The number of nitrogens with zero attached hydrogens (tertiary/aromatic N) is 7. The fourth-order valence-electron chi connectivity index (χ4n) is 8.20. The van der Waals surface area contributed by atoms with Gasteiger partial charge in [0.2, 0.25) is 0 Å². The molecule has 6 aromatic rings. The summed E-state index contributed by atoms with van der Waals surface area (Å²) in [7, 11) is -2.14. The highest BCUT2D eigenvalue weighted by Crippen LogP contribution is 2.33. The maximum absolute atomic E-state index is 13.9. The zero-order chi connectivity index (χ0) is 43.8. The van der Waals surface area contributed by atoms with Crippen molar-refractivity contribution in [2.75, 3.05) is 86.6 Å². The number of benzene rings is 5. The van der Waals surface area contributed by atoms with Crippen LogP contribution in [0, 0.1) is 10.1 Å². The van der Waals surface area contributed by atoms with Crippen LogP contribution in [-0.2, 0) is 16.6 Å². The number of rotatable bonds is 17. The second kappa shape index (κ2) is 20.5. The fraction of sp³-hybridized carbons (Fsp3) is 0.319. The molecule has 2 saturated heterocycles. The summed E-state index contributed by atoms with van der Waals surface area (Å²) in [6.45, 7) is 9.27. The van der Waals surface area contributed by atoms with Crippen LogP contribution in [-0.4, -0.2) is 116 Å². The van der Waals surface area contributed by atoms with Gasteiger partial charge in [0.25, 0.3) is 15.7 Å². The molecule has 328 valence electrons. The second-order valence-electron chi connectivity index (χ2n) is 16.1. The maximum Gasteiger partial charge on any atom is 0.293 e. The molecule has 2 aliphatic rings. The average Bonchev–Trinajstić information content (AvgIpc) is 3.29. The number of hydrogen-bond acceptors (Lipinski definition) is 12. The van der Waals surface area contributed by atoms with E-state index in [1.807, 2.05) is 48.5 Å². The van der Waals surface area contributed by atoms with E-state index in [9.17, 15) is 18.5 Å². The largest absolute Gasteiger partial charge is 0.376 e. The Balaban J connectivity index is 0.924. The van der Waals surface area contributed by atoms with Crippen LogP contribution in [0.2, 0.25) is 5.02 Å². The van der Waals surface area contributed by atoms with Crippen molar-refractivity contribution in [2.24, 2.45) is 0 Å². The third-order valence-electron chi connectivity index (χ3n) is 11.8. The monoisotopic (exact) mass is 905 g/mol. The number of nitro groups is 1. The summed E-state index contributed by atoms with van der Waals surface area (Å²) in [4.78, 5) is 31.1. The molecule has 2 N–H and O–H groups in total. The summed E-state index contributed by atoms with van der Waals surface area (Å²) in [6.07, 6.45) is 3.05. The first-order valence-electron chi connectivity index (χ1n) is 21.3. The van der Waals surface area contributed by atoms with E-state index in [0.717, 1.165) is 101 Å². The van der Waals surface area contributed by atoms with Gasteiger partial charge in [-0.3, -0.25) is 19.7 Å². The zero-order valence-electron chi connectivity index (χ0n) is 35.3. The lowest BCUT2D eigenvalue weighted by atomic mass is 9.99. The van der Waals surface area contributed by atoms with Gasteiger partial charge in [0.1, 0.15) is 12.0 Å². The average molecular weight is 907 g/mol. The first-order chi connectivity index (χ1) is 30.6. The molecule has 0 aliphatic carbocycles. The first kappa shape index (κ1) is 44.3. The van der Waals surface area contributed by atoms with Gasteiger partial charge in [0, 0.05) is 97.8 Å². The van der Waals surface area contributed by atoms with E-state index < -0.39 is 14.9 Å². The molecule has 0 radical (unpaired) electrons. The quantitative estimate of drug-likeness (QED) is 0.0515. The molecule has 0 bridgehead atoms. The van der Waals surface area contributed by atoms with E-state index in [-0.39, 0.29) is 28.1 Å². The maximum atomic E-state index is 13.9. The predicted molar refractivity (Wildman–Crippen MR) is 256 cm³/mol. The Hall–Kier alpha value is -5.29. The van der Waals surface area contributed by atoms with Crippen LogP contribution >= 0.6 is 23.4 Å². The van der Waals surface area contributed by atoms with E-state index >= 15 is 0 Å². The van der Waals surface area contributed by atoms with Crippen LogP contribution < -0.4 is 14.9 Å². The molecule has 1 unspecified atom stereocenters. The molecule has 1 aromatic heterocycles. The van der Waals surface area contributed by atoms with Crippen LogP contribution in [0.3, 0.4) is 0 Å². The minimum absolute atomic E-state index is 0.0913. The Morgan fingerprint density at radius 3 is 2.32 bits per heavy atom. The number of halogens is 1. The first-order valence-corrected chi connectivity index (χ1v) is 24.1. The number of aromatic nitrogens is 2. The molecule has 1 atom stereocenters. The highest BCUT2D eigenvalue weighted by atomic mass is 35.5. The van der Waals surface area contributed by atoms with Gasteiger partial charge in [-0.1, -0.05) is 66.2 Å². The molecule has 3 heterocycles. The molecule has 2 aliphatic heterocycles. The number of piperazine rings is 2. The van der Waals surface area contributed by atoms with Crippen LogP contribution in [0.25, 0.3) is 22.0 Å². The van der Waals surface area contributed by atoms with Crippen LogP contribution in [0.4, 0.5) is 22.9 Å². The Bertz CT molecular complexity index is 2610. The number of nitro benzene ring substituents is 1. The molecular weight excluding hydrogens is 854 g/mol. The van der Waals surface area contributed by atoms with Gasteiger partial charge in [-0.15, -0.1) is 11.8 Å². The molecule has 0 amide bonds. The van der Waals surface area contributed by atoms with E-state index in [0.29, 0.717) is 21.7 Å². The highest BCUT2D eigenvalue weighted by Gasteiger charge is 2.26. The summed E-state index contributed by atoms with van der Waals surface area (Å²) in [5.41, 5.74) is 5.13. The zero-order valence-corrected chi connectivity index (χ0v) is 37.7. The topological polar surface area (TPSA) is 140 Å². The van der Waals surface area contributed by atoms with Crippen LogP contribution in [0.15, 0.2) is 131 Å². The Morgan fingerprint density at radius 2 is 1.56 bits per heavy atom. The van der Waals surface area contributed by atoms with Crippen molar-refractivity contribution < 1.29 is 13.3 Å². The van der Waals surface area contributed by atoms with E-state index in [2.05, 4.69) is 95.2 Å². The number of sulfonamides is 1. The van der Waals surface area contributed by atoms with Gasteiger partial charge < -0.3 is 20.0 Å². The molecule has 2 fully saturated rings. The molecule has 63 heavy (non-hydrogen) atoms. The smallest absolute Gasteiger partial charge is 0.293 e. The van der Waals surface area contributed by atoms with Crippen molar-refractivity contribution >= 4 is 67.2 Å². The van der Waals surface area contributed by atoms with Crippen molar-refractivity contribution in [3.63, 3.8) is 0 Å². The van der Waals surface area contributed by atoms with E-state index in [4.69, 9.17) is 11.6 Å². The third kappa shape index (κ3) is 11.5. The molecule has 16 heteroatoms. The summed E-state index contributed by atoms with van der Waals surface area (Å²) in [5.74, 6) is 0.782. The van der Waals surface area contributed by atoms with Gasteiger partial charge in [-0.25, -0.2) is 18.4 Å². The minimum Gasteiger partial charge on any atom is -0.376 e. The molecule has 0 saturated carbocycles. The Labute approximate surface area is 378 Å². The fourth-order valence-corrected chi connectivity index (χ4v) is 10.4. The van der Waals surface area contributed by atoms with Crippen LogP contribution in [0.1, 0.15) is 18.4 Å². The summed E-state index contributed by atoms with van der Waals surface area (Å²) in [6, 6.07) is 36.1. The van der Waals surface area contributed by atoms with Gasteiger partial charge in [-0.2, -0.15) is 0 Å². The molecule has 0 spiro atoms. The number of nitrogens with one attached hydrogen (secondary N) is 2. The number of fused-ring (bicyclic) bond motifs is 1. The van der Waals surface area contributed by atoms with Crippen molar-refractivity contribution in [2.45, 2.75) is 35.2 Å². The molecular formula is C47H52ClN9O4S2. The van der Waals surface area contributed by atoms with Crippen molar-refractivity contribution in [3.8, 4) is 11.1 Å². The summed E-state index contributed by atoms with van der Waals surface area (Å²) >= 11 is 7.84. The van der Waals surface area contributed by atoms with Crippen molar-refractivity contribution in [1.29, 1.82) is 0 Å². The number of anilines is 3. The lowest BCUT2D eigenvalue weighted by Gasteiger charge is -2.36. The lowest BCUT2D eigenvalue weighted by Crippen LogP contribution is -2.46. The predicted octanol–water partition coefficient (Wildman–Crippen LogP) is 8.58. The van der Waals surface area contributed by atoms with Gasteiger partial charge in [-0.05, 0) is 97.7 Å². The highest BCUT2D eigenvalue weighted by molar-refractivity contribution is 7.99. The minimum atomic E-state index is -4.28. The SMILES string of the molecule is CN1CCN(CCCC(CSc2ccccc2)Nc2ccc(S(=O)(=O)Nc3ncnc4cc(N5CCN(Cc6ccccc6-c6ccc(Cl)cc6)CC5)ccc34)cc2[N+](=O)[O-])CC1. The van der Waals surface area contributed by atoms with E-state index in [1.165, 1.54) is 29.6 Å². The van der Waals surface area contributed by atoms with E-state index in [1.54, 1.807) is 11.8 Å². The molecule has 5 aromatic carbocycles. The molecule has 8 rings (SSSR count). The Morgan fingerprint density at radius 1 is 0.825 bits per heavy atom. The van der Waals surface area contributed by atoms with Gasteiger partial charge in [0.15, 0.2) is 5.82 Å². The Kier molecular flexibility index (Phi) is 14.4. The number of thioether (sulfide) groups is 1. The normalized spacial score (nSPS) is 15.9. The number of hydrogen-bond donors (Lipinski definition) is 2. The van der Waals surface area contributed by atoms with Gasteiger partial charge in [0.05, 0.1) is 15.3 Å². The van der Waals surface area contributed by atoms with Crippen molar-refractivity contribution in [3.05, 3.63) is 142 Å². The summed E-state index contributed by atoms with van der Waals surface area (Å²) < 4.78 is 30.3. The van der Waals surface area contributed by atoms with Crippen molar-refractivity contribution in [1.82, 2.24) is 24.7 Å². The molecule has 13 nitrogen and oxygen atoms in total. The third-order valence-corrected chi connectivity index (χ3v) is 14.6.